The van der Waals surface area contributed by atoms with E-state index in [0.29, 0.717) is 6.42 Å². The molecule has 1 amide bonds. The van der Waals surface area contributed by atoms with Gasteiger partial charge in [-0.25, -0.2) is 4.79 Å². The summed E-state index contributed by atoms with van der Waals surface area (Å²) < 4.78 is 4.80. The van der Waals surface area contributed by atoms with Gasteiger partial charge in [0.2, 0.25) is 5.91 Å². The molecule has 3 atom stereocenters. The van der Waals surface area contributed by atoms with Crippen molar-refractivity contribution in [2.45, 2.75) is 51.6 Å². The number of carbonyl (C=O) groups is 2. The fraction of sp³-hybridized carbons (Fsp3) is 0.500. The van der Waals surface area contributed by atoms with E-state index in [1.807, 2.05) is 37.3 Å². The van der Waals surface area contributed by atoms with Gasteiger partial charge in [-0.1, -0.05) is 30.3 Å². The first-order valence-electron chi connectivity index (χ1n) is 8.80. The van der Waals surface area contributed by atoms with Gasteiger partial charge in [-0.05, 0) is 31.7 Å². The van der Waals surface area contributed by atoms with E-state index in [1.54, 1.807) is 0 Å². The van der Waals surface area contributed by atoms with Crippen molar-refractivity contribution in [2.75, 3.05) is 7.11 Å². The van der Waals surface area contributed by atoms with E-state index in [1.165, 1.54) is 14.0 Å². The summed E-state index contributed by atoms with van der Waals surface area (Å²) in [5.41, 5.74) is 1.02. The molecule has 1 aliphatic carbocycles. The van der Waals surface area contributed by atoms with Gasteiger partial charge >= 0.3 is 5.97 Å². The number of esters is 1. The van der Waals surface area contributed by atoms with Crippen LogP contribution in [0.1, 0.15) is 51.1 Å². The minimum atomic E-state index is -0.857. The molecule has 1 N–H and O–H groups in total. The number of methoxy groups -OCH3 is 1. The molecule has 6 nitrogen and oxygen atoms in total. The molecule has 2 rings (SSSR count). The van der Waals surface area contributed by atoms with Crippen molar-refractivity contribution < 1.29 is 14.3 Å². The summed E-state index contributed by atoms with van der Waals surface area (Å²) in [4.78, 5) is 28.3. The number of ether oxygens (including phenoxy) is 1. The Bertz CT molecular complexity index is 724. The largest absolute Gasteiger partial charge is 0.467 e. The lowest BCUT2D eigenvalue weighted by molar-refractivity contribution is -0.145. The van der Waals surface area contributed by atoms with Crippen LogP contribution < -0.4 is 5.32 Å². The monoisotopic (exact) mass is 355 g/mol. The normalized spacial score (nSPS) is 23.1. The summed E-state index contributed by atoms with van der Waals surface area (Å²) in [5.74, 6) is -0.875. The zero-order valence-corrected chi connectivity index (χ0v) is 15.5. The van der Waals surface area contributed by atoms with Gasteiger partial charge in [-0.2, -0.15) is 5.26 Å². The molecule has 1 fully saturated rings. The molecule has 1 aliphatic rings. The van der Waals surface area contributed by atoms with Gasteiger partial charge in [-0.15, -0.1) is 0 Å². The van der Waals surface area contributed by atoms with E-state index in [-0.39, 0.29) is 18.4 Å². The standard InChI is InChI=1S/C20H25N3O3/c1-14(16-8-5-4-6-9-16)22-18-10-7-11-20(18,13-21)12-17(19(25)26-3)23-15(2)24/h4-6,8-9,14,17H,7,10-12H2,1-3H3,(H,23,24)/b22-18+/t14?,17-,20+/m0/s1. The van der Waals surface area contributed by atoms with Crippen LogP contribution in [0.2, 0.25) is 0 Å². The van der Waals surface area contributed by atoms with E-state index >= 15 is 0 Å². The quantitative estimate of drug-likeness (QED) is 0.794. The van der Waals surface area contributed by atoms with Crippen molar-refractivity contribution >= 4 is 17.6 Å². The van der Waals surface area contributed by atoms with Crippen LogP contribution in [0.15, 0.2) is 35.3 Å². The predicted octanol–water partition coefficient (Wildman–Crippen LogP) is 2.95. The maximum absolute atomic E-state index is 12.1. The van der Waals surface area contributed by atoms with Gasteiger partial charge in [-0.3, -0.25) is 9.79 Å². The summed E-state index contributed by atoms with van der Waals surface area (Å²) in [6, 6.07) is 11.3. The van der Waals surface area contributed by atoms with E-state index in [2.05, 4.69) is 11.4 Å². The van der Waals surface area contributed by atoms with Gasteiger partial charge in [0.15, 0.2) is 0 Å². The van der Waals surface area contributed by atoms with Gasteiger partial charge < -0.3 is 10.1 Å². The van der Waals surface area contributed by atoms with Crippen LogP contribution in [-0.2, 0) is 14.3 Å². The third kappa shape index (κ3) is 4.48. The molecule has 1 aromatic carbocycles. The smallest absolute Gasteiger partial charge is 0.328 e. The number of rotatable bonds is 6. The summed E-state index contributed by atoms with van der Waals surface area (Å²) in [6.45, 7) is 3.34. The number of benzene rings is 1. The average Bonchev–Trinajstić information content (AvgIpc) is 3.03. The second kappa shape index (κ2) is 8.61. The molecular formula is C20H25N3O3. The Labute approximate surface area is 154 Å². The Kier molecular flexibility index (Phi) is 6.51. The summed E-state index contributed by atoms with van der Waals surface area (Å²) in [6.07, 6.45) is 2.35. The van der Waals surface area contributed by atoms with Gasteiger partial charge in [0.1, 0.15) is 6.04 Å². The molecule has 1 saturated carbocycles. The third-order valence-electron chi connectivity index (χ3n) is 4.83. The van der Waals surface area contributed by atoms with Crippen LogP contribution in [0.3, 0.4) is 0 Å². The van der Waals surface area contributed by atoms with Crippen LogP contribution in [0.25, 0.3) is 0 Å². The second-order valence-electron chi connectivity index (χ2n) is 6.69. The zero-order valence-electron chi connectivity index (χ0n) is 15.5. The fourth-order valence-electron chi connectivity index (χ4n) is 3.48. The van der Waals surface area contributed by atoms with E-state index in [0.717, 1.165) is 24.1 Å². The highest BCUT2D eigenvalue weighted by molar-refractivity contribution is 5.95. The number of nitriles is 1. The first-order chi connectivity index (χ1) is 12.4. The van der Waals surface area contributed by atoms with Crippen LogP contribution >= 0.6 is 0 Å². The van der Waals surface area contributed by atoms with Crippen molar-refractivity contribution in [3.05, 3.63) is 35.9 Å². The number of nitrogens with one attached hydrogen (secondary N) is 1. The molecular weight excluding hydrogens is 330 g/mol. The van der Waals surface area contributed by atoms with E-state index in [9.17, 15) is 14.9 Å². The minimum absolute atomic E-state index is 0.0747. The fourth-order valence-corrected chi connectivity index (χ4v) is 3.48. The second-order valence-corrected chi connectivity index (χ2v) is 6.69. The number of amides is 1. The van der Waals surface area contributed by atoms with Crippen molar-refractivity contribution in [2.24, 2.45) is 10.4 Å². The summed E-state index contributed by atoms with van der Waals surface area (Å²) >= 11 is 0. The average molecular weight is 355 g/mol. The Balaban J connectivity index is 2.29. The predicted molar refractivity (Wildman–Crippen MR) is 98.4 cm³/mol. The highest BCUT2D eigenvalue weighted by atomic mass is 16.5. The summed E-state index contributed by atoms with van der Waals surface area (Å²) in [7, 11) is 1.28. The Morgan fingerprint density at radius 3 is 2.65 bits per heavy atom. The Morgan fingerprint density at radius 1 is 1.38 bits per heavy atom. The molecule has 0 aromatic heterocycles. The molecule has 138 valence electrons. The van der Waals surface area contributed by atoms with Crippen molar-refractivity contribution in [3.63, 3.8) is 0 Å². The topological polar surface area (TPSA) is 91.6 Å². The zero-order chi connectivity index (χ0) is 19.2. The number of hydrogen-bond donors (Lipinski definition) is 1. The first-order valence-corrected chi connectivity index (χ1v) is 8.80. The van der Waals surface area contributed by atoms with Gasteiger partial charge in [0.05, 0.1) is 24.6 Å². The number of aliphatic imine (C=N–C) groups is 1. The molecule has 1 unspecified atom stereocenters. The number of hydrogen-bond acceptors (Lipinski definition) is 5. The molecule has 26 heavy (non-hydrogen) atoms. The van der Waals surface area contributed by atoms with Gasteiger partial charge in [0.25, 0.3) is 0 Å². The van der Waals surface area contributed by atoms with Crippen LogP contribution in [-0.4, -0.2) is 30.7 Å². The molecule has 0 heterocycles. The number of nitrogens with zero attached hydrogens (tertiary/aromatic N) is 2. The molecule has 0 saturated heterocycles. The Hall–Kier alpha value is -2.68. The molecule has 0 radical (unpaired) electrons. The lowest BCUT2D eigenvalue weighted by Crippen LogP contribution is -2.45. The van der Waals surface area contributed by atoms with E-state index < -0.39 is 17.4 Å². The van der Waals surface area contributed by atoms with Crippen LogP contribution in [0, 0.1) is 16.7 Å². The highest BCUT2D eigenvalue weighted by Gasteiger charge is 2.44. The van der Waals surface area contributed by atoms with Crippen LogP contribution in [0.4, 0.5) is 0 Å². The molecule has 0 bridgehead atoms. The Morgan fingerprint density at radius 2 is 2.08 bits per heavy atom. The van der Waals surface area contributed by atoms with Crippen LogP contribution in [0.5, 0.6) is 0 Å². The molecule has 0 spiro atoms. The summed E-state index contributed by atoms with van der Waals surface area (Å²) in [5, 5.41) is 12.5. The number of carbonyl (C=O) groups excluding carboxylic acids is 2. The first kappa shape index (κ1) is 19.6. The lowest BCUT2D eigenvalue weighted by Gasteiger charge is -2.27. The maximum Gasteiger partial charge on any atom is 0.328 e. The van der Waals surface area contributed by atoms with Gasteiger partial charge in [0, 0.05) is 19.1 Å². The lowest BCUT2D eigenvalue weighted by atomic mass is 9.79. The molecule has 1 aromatic rings. The van der Waals surface area contributed by atoms with Crippen molar-refractivity contribution in [3.8, 4) is 6.07 Å². The highest BCUT2D eigenvalue weighted by Crippen LogP contribution is 2.41. The third-order valence-corrected chi connectivity index (χ3v) is 4.83. The molecule has 6 heteroatoms. The minimum Gasteiger partial charge on any atom is -0.467 e. The van der Waals surface area contributed by atoms with Crippen molar-refractivity contribution in [1.82, 2.24) is 5.32 Å². The maximum atomic E-state index is 12.1. The SMILES string of the molecule is COC(=O)[C@H](C[C@@]1(C#N)CCC/C1=N\C(C)c1ccccc1)NC(C)=O. The molecule has 0 aliphatic heterocycles. The van der Waals surface area contributed by atoms with Crippen molar-refractivity contribution in [1.29, 1.82) is 5.26 Å². The van der Waals surface area contributed by atoms with E-state index in [4.69, 9.17) is 9.73 Å².